The van der Waals surface area contributed by atoms with Crippen molar-refractivity contribution in [2.45, 2.75) is 12.5 Å². The molecule has 1 aromatic carbocycles. The number of rotatable bonds is 4. The minimum Gasteiger partial charge on any atom is -0.504 e. The molecule has 0 radical (unpaired) electrons. The first kappa shape index (κ1) is 12.1. The van der Waals surface area contributed by atoms with Gasteiger partial charge in [-0.25, -0.2) is 0 Å². The Kier molecular flexibility index (Phi) is 3.57. The van der Waals surface area contributed by atoms with Gasteiger partial charge in [0.05, 0.1) is 13.5 Å². The third kappa shape index (κ3) is 2.34. The molecule has 0 aliphatic carbocycles. The second kappa shape index (κ2) is 4.71. The summed E-state index contributed by atoms with van der Waals surface area (Å²) in [6.07, 6.45) is -0.334. The summed E-state index contributed by atoms with van der Waals surface area (Å²) in [5.41, 5.74) is 5.73. The Hall–Kier alpha value is -1.95. The van der Waals surface area contributed by atoms with Gasteiger partial charge in [0.15, 0.2) is 11.5 Å². The molecule has 6 nitrogen and oxygen atoms in total. The molecule has 1 rings (SSSR count). The van der Waals surface area contributed by atoms with E-state index >= 15 is 0 Å². The SMILES string of the molecule is COc1ccc(C(N)CC(=O)O)c(O)c1O. The van der Waals surface area contributed by atoms with Crippen LogP contribution in [0.3, 0.4) is 0 Å². The van der Waals surface area contributed by atoms with Crippen LogP contribution in [0, 0.1) is 0 Å². The molecule has 0 aromatic heterocycles. The number of nitrogens with two attached hydrogens (primary N) is 1. The molecule has 88 valence electrons. The van der Waals surface area contributed by atoms with Crippen molar-refractivity contribution in [3.8, 4) is 17.2 Å². The number of aromatic hydroxyl groups is 2. The highest BCUT2D eigenvalue weighted by molar-refractivity contribution is 5.68. The van der Waals surface area contributed by atoms with Gasteiger partial charge in [-0.3, -0.25) is 4.79 Å². The molecule has 0 spiro atoms. The molecule has 0 aliphatic rings. The summed E-state index contributed by atoms with van der Waals surface area (Å²) in [5.74, 6) is -1.88. The second-order valence-electron chi connectivity index (χ2n) is 3.26. The van der Waals surface area contributed by atoms with Crippen molar-refractivity contribution in [2.75, 3.05) is 7.11 Å². The van der Waals surface area contributed by atoms with Crippen molar-refractivity contribution in [1.29, 1.82) is 0 Å². The normalized spacial score (nSPS) is 12.1. The molecule has 0 heterocycles. The molecule has 0 aliphatic heterocycles. The Morgan fingerprint density at radius 3 is 2.56 bits per heavy atom. The van der Waals surface area contributed by atoms with Crippen LogP contribution in [-0.4, -0.2) is 28.4 Å². The second-order valence-corrected chi connectivity index (χ2v) is 3.26. The van der Waals surface area contributed by atoms with Gasteiger partial charge >= 0.3 is 5.97 Å². The van der Waals surface area contributed by atoms with Gasteiger partial charge in [0.1, 0.15) is 0 Å². The molecular formula is C10H13NO5. The Labute approximate surface area is 91.9 Å². The molecule has 5 N–H and O–H groups in total. The fourth-order valence-corrected chi connectivity index (χ4v) is 1.34. The molecule has 6 heteroatoms. The van der Waals surface area contributed by atoms with Crippen molar-refractivity contribution in [1.82, 2.24) is 0 Å². The first-order valence-electron chi connectivity index (χ1n) is 4.53. The van der Waals surface area contributed by atoms with Crippen molar-refractivity contribution in [3.63, 3.8) is 0 Å². The molecule has 0 saturated carbocycles. The zero-order chi connectivity index (χ0) is 12.3. The van der Waals surface area contributed by atoms with Crippen LogP contribution in [-0.2, 0) is 4.79 Å². The Morgan fingerprint density at radius 1 is 1.44 bits per heavy atom. The number of ether oxygens (including phenoxy) is 1. The van der Waals surface area contributed by atoms with Crippen LogP contribution in [0.5, 0.6) is 17.2 Å². The highest BCUT2D eigenvalue weighted by Gasteiger charge is 2.19. The third-order valence-electron chi connectivity index (χ3n) is 2.16. The molecule has 0 bridgehead atoms. The van der Waals surface area contributed by atoms with Gasteiger partial charge in [-0.05, 0) is 12.1 Å². The van der Waals surface area contributed by atoms with E-state index in [1.807, 2.05) is 0 Å². The van der Waals surface area contributed by atoms with Crippen LogP contribution in [0.25, 0.3) is 0 Å². The van der Waals surface area contributed by atoms with Gasteiger partial charge in [-0.2, -0.15) is 0 Å². The zero-order valence-electron chi connectivity index (χ0n) is 8.67. The van der Waals surface area contributed by atoms with E-state index in [2.05, 4.69) is 0 Å². The van der Waals surface area contributed by atoms with Gasteiger partial charge in [0.2, 0.25) is 5.75 Å². The summed E-state index contributed by atoms with van der Waals surface area (Å²) in [5, 5.41) is 27.6. The standard InChI is InChI=1S/C10H13NO5/c1-16-7-3-2-5(9(14)10(7)15)6(11)4-8(12)13/h2-3,6,14-15H,4,11H2,1H3,(H,12,13). The third-order valence-corrected chi connectivity index (χ3v) is 2.16. The zero-order valence-corrected chi connectivity index (χ0v) is 8.67. The summed E-state index contributed by atoms with van der Waals surface area (Å²) < 4.78 is 4.77. The lowest BCUT2D eigenvalue weighted by molar-refractivity contribution is -0.137. The Balaban J connectivity index is 3.06. The van der Waals surface area contributed by atoms with Gasteiger partial charge in [0.25, 0.3) is 0 Å². The number of hydrogen-bond acceptors (Lipinski definition) is 5. The molecule has 0 fully saturated rings. The highest BCUT2D eigenvalue weighted by Crippen LogP contribution is 2.40. The van der Waals surface area contributed by atoms with E-state index in [1.165, 1.54) is 19.2 Å². The maximum Gasteiger partial charge on any atom is 0.305 e. The minimum absolute atomic E-state index is 0.101. The number of benzene rings is 1. The Morgan fingerprint density at radius 2 is 2.06 bits per heavy atom. The van der Waals surface area contributed by atoms with Gasteiger partial charge in [0, 0.05) is 11.6 Å². The number of carbonyl (C=O) groups is 1. The summed E-state index contributed by atoms with van der Waals surface area (Å²) in [6.45, 7) is 0. The van der Waals surface area contributed by atoms with E-state index in [-0.39, 0.29) is 17.7 Å². The maximum atomic E-state index is 10.5. The molecule has 16 heavy (non-hydrogen) atoms. The quantitative estimate of drug-likeness (QED) is 0.559. The van der Waals surface area contributed by atoms with E-state index in [4.69, 9.17) is 15.6 Å². The Bertz CT molecular complexity index is 404. The van der Waals surface area contributed by atoms with Gasteiger partial charge < -0.3 is 25.8 Å². The molecule has 1 atom stereocenters. The summed E-state index contributed by atoms with van der Waals surface area (Å²) in [4.78, 5) is 10.5. The van der Waals surface area contributed by atoms with E-state index in [1.54, 1.807) is 0 Å². The average molecular weight is 227 g/mol. The van der Waals surface area contributed by atoms with E-state index in [0.717, 1.165) is 0 Å². The van der Waals surface area contributed by atoms with Gasteiger partial charge in [-0.15, -0.1) is 0 Å². The monoisotopic (exact) mass is 227 g/mol. The van der Waals surface area contributed by atoms with Crippen molar-refractivity contribution < 1.29 is 24.9 Å². The van der Waals surface area contributed by atoms with E-state index in [0.29, 0.717) is 0 Å². The molecule has 1 unspecified atom stereocenters. The lowest BCUT2D eigenvalue weighted by Gasteiger charge is -2.14. The fourth-order valence-electron chi connectivity index (χ4n) is 1.34. The number of carboxylic acids is 1. The van der Waals surface area contributed by atoms with Crippen molar-refractivity contribution >= 4 is 5.97 Å². The number of phenolic OH excluding ortho intramolecular Hbond substituents is 2. The number of methoxy groups -OCH3 is 1. The topological polar surface area (TPSA) is 113 Å². The van der Waals surface area contributed by atoms with Crippen molar-refractivity contribution in [2.24, 2.45) is 5.73 Å². The molecule has 0 amide bonds. The van der Waals surface area contributed by atoms with E-state index in [9.17, 15) is 15.0 Å². The predicted molar refractivity (Wildman–Crippen MR) is 55.5 cm³/mol. The van der Waals surface area contributed by atoms with Gasteiger partial charge in [-0.1, -0.05) is 0 Å². The first-order valence-corrected chi connectivity index (χ1v) is 4.53. The van der Waals surface area contributed by atoms with Crippen LogP contribution >= 0.6 is 0 Å². The van der Waals surface area contributed by atoms with Crippen LogP contribution in [0.2, 0.25) is 0 Å². The predicted octanol–water partition coefficient (Wildman–Crippen LogP) is 0.581. The van der Waals surface area contributed by atoms with Crippen LogP contribution in [0.15, 0.2) is 12.1 Å². The number of aliphatic carboxylic acids is 1. The lowest BCUT2D eigenvalue weighted by atomic mass is 10.0. The lowest BCUT2D eigenvalue weighted by Crippen LogP contribution is -2.15. The average Bonchev–Trinajstić information content (AvgIpc) is 2.20. The summed E-state index contributed by atoms with van der Waals surface area (Å²) in [6, 6.07) is 1.95. The fraction of sp³-hybridized carbons (Fsp3) is 0.300. The minimum atomic E-state index is -1.08. The largest absolute Gasteiger partial charge is 0.504 e. The molecule has 0 saturated heterocycles. The maximum absolute atomic E-state index is 10.5. The van der Waals surface area contributed by atoms with Crippen molar-refractivity contribution in [3.05, 3.63) is 17.7 Å². The number of phenols is 2. The number of hydrogen-bond donors (Lipinski definition) is 4. The molecular weight excluding hydrogens is 214 g/mol. The first-order chi connectivity index (χ1) is 7.47. The molecule has 1 aromatic rings. The summed E-state index contributed by atoms with van der Waals surface area (Å²) in [7, 11) is 1.34. The van der Waals surface area contributed by atoms with Crippen LogP contribution in [0.4, 0.5) is 0 Å². The number of carboxylic acid groups (broad SMARTS) is 1. The smallest absolute Gasteiger partial charge is 0.305 e. The van der Waals surface area contributed by atoms with Crippen LogP contribution < -0.4 is 10.5 Å². The highest BCUT2D eigenvalue weighted by atomic mass is 16.5. The van der Waals surface area contributed by atoms with Crippen LogP contribution in [0.1, 0.15) is 18.0 Å². The van der Waals surface area contributed by atoms with E-state index < -0.39 is 23.5 Å². The summed E-state index contributed by atoms with van der Waals surface area (Å²) >= 11 is 0.